The fraction of sp³-hybridized carbons (Fsp3) is 1.00. The van der Waals surface area contributed by atoms with Gasteiger partial charge >= 0.3 is 0 Å². The minimum absolute atomic E-state index is 0.000214. The summed E-state index contributed by atoms with van der Waals surface area (Å²) in [5, 5.41) is 46.2. The number of likely N-dealkylation sites (tertiary alicyclic amines) is 1. The van der Waals surface area contributed by atoms with Crippen LogP contribution in [0.5, 0.6) is 0 Å². The topological polar surface area (TPSA) is 103 Å². The van der Waals surface area contributed by atoms with Crippen molar-refractivity contribution in [2.24, 2.45) is 40.4 Å². The first-order chi connectivity index (χ1) is 14.4. The van der Waals surface area contributed by atoms with Gasteiger partial charge in [-0.25, -0.2) is 0 Å². The summed E-state index contributed by atoms with van der Waals surface area (Å²) in [6, 6.07) is 0.000214. The molecule has 170 valence electrons. The highest BCUT2D eigenvalue weighted by Gasteiger charge is 2.86. The summed E-state index contributed by atoms with van der Waals surface area (Å²) in [6.07, 6.45) is 1.16. The molecule has 7 bridgehead atoms. The lowest BCUT2D eigenvalue weighted by atomic mass is 9.43. The first-order valence-electron chi connectivity index (χ1n) is 11.8. The Labute approximate surface area is 178 Å². The first kappa shape index (κ1) is 20.3. The van der Waals surface area contributed by atoms with Gasteiger partial charge in [0.2, 0.25) is 0 Å². The summed E-state index contributed by atoms with van der Waals surface area (Å²) in [6.45, 7) is 3.81. The number of rotatable bonds is 4. The van der Waals surface area contributed by atoms with E-state index in [1.54, 1.807) is 14.2 Å². The molecule has 13 atom stereocenters. The van der Waals surface area contributed by atoms with Crippen LogP contribution in [0.1, 0.15) is 32.6 Å². The lowest BCUT2D eigenvalue weighted by Crippen LogP contribution is -2.76. The number of hydrogen-bond acceptors (Lipinski definition) is 7. The Hall–Kier alpha value is -0.280. The molecule has 6 rings (SSSR count). The number of aliphatic hydroxyl groups is 4. The zero-order valence-corrected chi connectivity index (χ0v) is 18.3. The molecule has 30 heavy (non-hydrogen) atoms. The fourth-order valence-electron chi connectivity index (χ4n) is 10.4. The van der Waals surface area contributed by atoms with Crippen molar-refractivity contribution in [2.75, 3.05) is 33.9 Å². The van der Waals surface area contributed by atoms with Crippen LogP contribution in [0.15, 0.2) is 0 Å². The van der Waals surface area contributed by atoms with Crippen molar-refractivity contribution in [3.8, 4) is 0 Å². The Morgan fingerprint density at radius 2 is 1.90 bits per heavy atom. The summed E-state index contributed by atoms with van der Waals surface area (Å²) in [5.41, 5.74) is -1.89. The summed E-state index contributed by atoms with van der Waals surface area (Å²) in [7, 11) is 3.40. The van der Waals surface area contributed by atoms with E-state index in [1.165, 1.54) is 0 Å². The molecule has 0 aromatic carbocycles. The van der Waals surface area contributed by atoms with E-state index in [-0.39, 0.29) is 59.9 Å². The van der Waals surface area contributed by atoms with E-state index in [2.05, 4.69) is 11.8 Å². The van der Waals surface area contributed by atoms with Gasteiger partial charge in [-0.2, -0.15) is 0 Å². The van der Waals surface area contributed by atoms with Gasteiger partial charge in [-0.05, 0) is 31.7 Å². The predicted octanol–water partition coefficient (Wildman–Crippen LogP) is -0.152. The molecule has 1 spiro atoms. The second-order valence-corrected chi connectivity index (χ2v) is 11.3. The van der Waals surface area contributed by atoms with E-state index in [0.29, 0.717) is 12.8 Å². The third-order valence-corrected chi connectivity index (χ3v) is 11.0. The van der Waals surface area contributed by atoms with Gasteiger partial charge in [0.05, 0.1) is 36.6 Å². The second kappa shape index (κ2) is 6.19. The van der Waals surface area contributed by atoms with Crippen molar-refractivity contribution in [3.05, 3.63) is 0 Å². The number of nitrogens with zero attached hydrogens (tertiary/aromatic N) is 1. The van der Waals surface area contributed by atoms with Crippen LogP contribution in [-0.2, 0) is 9.47 Å². The van der Waals surface area contributed by atoms with Crippen molar-refractivity contribution in [1.29, 1.82) is 0 Å². The Balaban J connectivity index is 1.64. The molecule has 13 unspecified atom stereocenters. The molecule has 5 aliphatic carbocycles. The van der Waals surface area contributed by atoms with E-state index in [1.807, 2.05) is 0 Å². The second-order valence-electron chi connectivity index (χ2n) is 11.3. The molecular formula is C23H37NO6. The summed E-state index contributed by atoms with van der Waals surface area (Å²) < 4.78 is 12.0. The van der Waals surface area contributed by atoms with Gasteiger partial charge in [0.1, 0.15) is 0 Å². The van der Waals surface area contributed by atoms with E-state index in [0.717, 1.165) is 25.9 Å². The van der Waals surface area contributed by atoms with Crippen LogP contribution in [0.25, 0.3) is 0 Å². The zero-order valence-electron chi connectivity index (χ0n) is 18.3. The van der Waals surface area contributed by atoms with E-state index in [4.69, 9.17) is 9.47 Å². The summed E-state index contributed by atoms with van der Waals surface area (Å²) >= 11 is 0. The standard InChI is InChI=1S/C23H37NO6/c1-4-24-9-21(10-25)6-5-14(26)23-12-7-11-13(29-2)8-22(28,15(12)17(11)27)16(20(23)24)18(30-3)19(21)23/h11-20,25-28H,4-10H2,1-3H3. The van der Waals surface area contributed by atoms with Crippen molar-refractivity contribution >= 4 is 0 Å². The minimum atomic E-state index is -1.09. The van der Waals surface area contributed by atoms with Crippen molar-refractivity contribution < 1.29 is 29.9 Å². The van der Waals surface area contributed by atoms with E-state index in [9.17, 15) is 20.4 Å². The largest absolute Gasteiger partial charge is 0.396 e. The number of methoxy groups -OCH3 is 2. The molecule has 4 N–H and O–H groups in total. The van der Waals surface area contributed by atoms with E-state index >= 15 is 0 Å². The van der Waals surface area contributed by atoms with Crippen LogP contribution in [0.2, 0.25) is 0 Å². The lowest BCUT2D eigenvalue weighted by molar-refractivity contribution is -0.271. The number of ether oxygens (including phenoxy) is 2. The average Bonchev–Trinajstić information content (AvgIpc) is 3.15. The summed E-state index contributed by atoms with van der Waals surface area (Å²) in [5.74, 6) is -0.480. The Morgan fingerprint density at radius 1 is 1.13 bits per heavy atom. The highest BCUT2D eigenvalue weighted by atomic mass is 16.5. The Morgan fingerprint density at radius 3 is 2.53 bits per heavy atom. The smallest absolute Gasteiger partial charge is 0.0796 e. The normalized spacial score (nSPS) is 63.3. The maximum Gasteiger partial charge on any atom is 0.0796 e. The van der Waals surface area contributed by atoms with Gasteiger partial charge < -0.3 is 29.9 Å². The van der Waals surface area contributed by atoms with Crippen molar-refractivity contribution in [1.82, 2.24) is 4.90 Å². The van der Waals surface area contributed by atoms with Crippen LogP contribution in [0.3, 0.4) is 0 Å². The molecule has 7 nitrogen and oxygen atoms in total. The van der Waals surface area contributed by atoms with Crippen LogP contribution < -0.4 is 0 Å². The highest BCUT2D eigenvalue weighted by Crippen LogP contribution is 2.79. The number of aliphatic hydroxyl groups excluding tert-OH is 3. The predicted molar refractivity (Wildman–Crippen MR) is 107 cm³/mol. The molecule has 1 aliphatic heterocycles. The van der Waals surface area contributed by atoms with Gasteiger partial charge in [-0.3, -0.25) is 4.90 Å². The van der Waals surface area contributed by atoms with Crippen LogP contribution in [0, 0.1) is 40.4 Å². The monoisotopic (exact) mass is 423 g/mol. The Bertz CT molecular complexity index is 736. The van der Waals surface area contributed by atoms with Gasteiger partial charge in [-0.1, -0.05) is 6.92 Å². The first-order valence-corrected chi connectivity index (χ1v) is 11.8. The van der Waals surface area contributed by atoms with Gasteiger partial charge in [0, 0.05) is 67.7 Å². The molecule has 1 heterocycles. The number of fused-ring (bicyclic) bond motifs is 2. The summed E-state index contributed by atoms with van der Waals surface area (Å²) in [4.78, 5) is 2.42. The van der Waals surface area contributed by atoms with E-state index < -0.39 is 23.2 Å². The molecule has 1 saturated heterocycles. The quantitative estimate of drug-likeness (QED) is 0.499. The fourth-order valence-corrected chi connectivity index (χ4v) is 10.4. The Kier molecular flexibility index (Phi) is 4.19. The maximum atomic E-state index is 12.4. The molecule has 0 amide bonds. The third kappa shape index (κ3) is 1.88. The molecule has 0 aromatic rings. The molecule has 7 heteroatoms. The van der Waals surface area contributed by atoms with Crippen LogP contribution >= 0.6 is 0 Å². The minimum Gasteiger partial charge on any atom is -0.396 e. The number of piperidine rings is 1. The van der Waals surface area contributed by atoms with Crippen LogP contribution in [0.4, 0.5) is 0 Å². The highest BCUT2D eigenvalue weighted by molar-refractivity contribution is 5.35. The molecule has 6 fully saturated rings. The number of hydrogen-bond donors (Lipinski definition) is 4. The van der Waals surface area contributed by atoms with Crippen LogP contribution in [-0.4, -0.2) is 95.3 Å². The van der Waals surface area contributed by atoms with Gasteiger partial charge in [0.15, 0.2) is 0 Å². The molecule has 0 aromatic heterocycles. The van der Waals surface area contributed by atoms with Crippen molar-refractivity contribution in [2.45, 2.75) is 68.7 Å². The van der Waals surface area contributed by atoms with Crippen molar-refractivity contribution in [3.63, 3.8) is 0 Å². The maximum absolute atomic E-state index is 12.4. The third-order valence-electron chi connectivity index (χ3n) is 11.0. The average molecular weight is 424 g/mol. The van der Waals surface area contributed by atoms with Gasteiger partial charge in [0.25, 0.3) is 0 Å². The SMILES string of the molecule is CCN1CC2(CO)CCC(O)C34C5CC6C(OC)CC(O)(C5C6O)C(C(OC)C23)C14. The molecule has 0 radical (unpaired) electrons. The molecule has 5 saturated carbocycles. The molecule has 6 aliphatic rings. The lowest BCUT2D eigenvalue weighted by Gasteiger charge is -2.68. The van der Waals surface area contributed by atoms with Gasteiger partial charge in [-0.15, -0.1) is 0 Å². The zero-order chi connectivity index (χ0) is 21.2. The molecular weight excluding hydrogens is 386 g/mol.